The molecule has 0 spiro atoms. The van der Waals surface area contributed by atoms with Crippen molar-refractivity contribution in [3.05, 3.63) is 28.2 Å². The van der Waals surface area contributed by atoms with E-state index in [0.29, 0.717) is 15.7 Å². The van der Waals surface area contributed by atoms with Crippen LogP contribution in [0.2, 0.25) is 10.0 Å². The van der Waals surface area contributed by atoms with Gasteiger partial charge in [-0.05, 0) is 18.2 Å². The first kappa shape index (κ1) is 14.6. The molecule has 0 aliphatic carbocycles. The predicted molar refractivity (Wildman–Crippen MR) is 70.4 cm³/mol. The lowest BCUT2D eigenvalue weighted by molar-refractivity contribution is -0.137. The third-order valence-electron chi connectivity index (χ3n) is 2.12. The minimum atomic E-state index is -0.958. The molecule has 5 nitrogen and oxygen atoms in total. The highest BCUT2D eigenvalue weighted by Gasteiger charge is 2.10. The highest BCUT2D eigenvalue weighted by Crippen LogP contribution is 2.22. The number of carbonyl (C=O) groups excluding carboxylic acids is 1. The molecule has 2 amide bonds. The second-order valence-electron chi connectivity index (χ2n) is 3.65. The molecule has 18 heavy (non-hydrogen) atoms. The van der Waals surface area contributed by atoms with Crippen LogP contribution in [0, 0.1) is 0 Å². The first-order valence-electron chi connectivity index (χ1n) is 5.08. The molecule has 0 aliphatic rings. The van der Waals surface area contributed by atoms with Crippen molar-refractivity contribution in [2.75, 3.05) is 18.9 Å². The number of nitrogens with zero attached hydrogens (tertiary/aromatic N) is 1. The largest absolute Gasteiger partial charge is 0.481 e. The van der Waals surface area contributed by atoms with E-state index in [-0.39, 0.29) is 13.0 Å². The van der Waals surface area contributed by atoms with Gasteiger partial charge in [0.25, 0.3) is 0 Å². The molecule has 0 radical (unpaired) electrons. The number of nitrogens with one attached hydrogen (secondary N) is 1. The van der Waals surface area contributed by atoms with E-state index in [1.165, 1.54) is 11.9 Å². The number of halogens is 2. The van der Waals surface area contributed by atoms with Gasteiger partial charge >= 0.3 is 12.0 Å². The molecular formula is C11H12Cl2N2O3. The van der Waals surface area contributed by atoms with E-state index in [1.54, 1.807) is 18.2 Å². The molecule has 0 aromatic heterocycles. The Morgan fingerprint density at radius 2 is 1.83 bits per heavy atom. The molecule has 0 bridgehead atoms. The fourth-order valence-corrected chi connectivity index (χ4v) is 1.74. The van der Waals surface area contributed by atoms with Gasteiger partial charge in [0.15, 0.2) is 0 Å². The van der Waals surface area contributed by atoms with Crippen LogP contribution in [0.1, 0.15) is 6.42 Å². The van der Waals surface area contributed by atoms with Crippen molar-refractivity contribution < 1.29 is 14.7 Å². The summed E-state index contributed by atoms with van der Waals surface area (Å²) in [6, 6.07) is 4.23. The fourth-order valence-electron chi connectivity index (χ4n) is 1.21. The molecule has 1 rings (SSSR count). The number of carboxylic acids is 1. The number of benzene rings is 1. The number of carbonyl (C=O) groups is 2. The minimum Gasteiger partial charge on any atom is -0.481 e. The van der Waals surface area contributed by atoms with Gasteiger partial charge in [0, 0.05) is 29.3 Å². The van der Waals surface area contributed by atoms with Crippen LogP contribution >= 0.6 is 23.2 Å². The van der Waals surface area contributed by atoms with Crippen molar-refractivity contribution >= 4 is 40.9 Å². The number of hydrogen-bond donors (Lipinski definition) is 2. The molecule has 1 aromatic rings. The Labute approximate surface area is 114 Å². The summed E-state index contributed by atoms with van der Waals surface area (Å²) in [7, 11) is 1.50. The van der Waals surface area contributed by atoms with Crippen molar-refractivity contribution in [2.45, 2.75) is 6.42 Å². The monoisotopic (exact) mass is 290 g/mol. The predicted octanol–water partition coefficient (Wildman–Crippen LogP) is 2.93. The van der Waals surface area contributed by atoms with Crippen LogP contribution in [0.3, 0.4) is 0 Å². The SMILES string of the molecule is CN(CCC(=O)O)C(=O)Nc1cc(Cl)cc(Cl)c1. The molecule has 0 saturated heterocycles. The zero-order valence-corrected chi connectivity index (χ0v) is 11.1. The van der Waals surface area contributed by atoms with Crippen LogP contribution in [0.25, 0.3) is 0 Å². The molecule has 0 fully saturated rings. The van der Waals surface area contributed by atoms with E-state index in [4.69, 9.17) is 28.3 Å². The molecule has 0 saturated carbocycles. The zero-order valence-electron chi connectivity index (χ0n) is 9.61. The van der Waals surface area contributed by atoms with E-state index in [9.17, 15) is 9.59 Å². The highest BCUT2D eigenvalue weighted by atomic mass is 35.5. The lowest BCUT2D eigenvalue weighted by Crippen LogP contribution is -2.33. The van der Waals surface area contributed by atoms with E-state index < -0.39 is 12.0 Å². The van der Waals surface area contributed by atoms with Crippen LogP contribution in [0.5, 0.6) is 0 Å². The Morgan fingerprint density at radius 3 is 2.33 bits per heavy atom. The van der Waals surface area contributed by atoms with E-state index in [2.05, 4.69) is 5.32 Å². The first-order valence-corrected chi connectivity index (χ1v) is 5.84. The lowest BCUT2D eigenvalue weighted by Gasteiger charge is -2.17. The third-order valence-corrected chi connectivity index (χ3v) is 2.56. The molecule has 0 aliphatic heterocycles. The Balaban J connectivity index is 2.60. The maximum Gasteiger partial charge on any atom is 0.321 e. The Kier molecular flexibility index (Phi) is 5.25. The van der Waals surface area contributed by atoms with E-state index in [0.717, 1.165) is 0 Å². The standard InChI is InChI=1S/C11H12Cl2N2O3/c1-15(3-2-10(16)17)11(18)14-9-5-7(12)4-8(13)6-9/h4-6H,2-3H2,1H3,(H,14,18)(H,16,17). The minimum absolute atomic E-state index is 0.111. The molecule has 7 heteroatoms. The van der Waals surface area contributed by atoms with Crippen molar-refractivity contribution in [3.63, 3.8) is 0 Å². The average Bonchev–Trinajstić information content (AvgIpc) is 2.24. The normalized spacial score (nSPS) is 9.94. The molecule has 0 atom stereocenters. The van der Waals surface area contributed by atoms with Gasteiger partial charge in [-0.15, -0.1) is 0 Å². The first-order chi connectivity index (χ1) is 8.38. The number of carboxylic acid groups (broad SMARTS) is 1. The number of hydrogen-bond acceptors (Lipinski definition) is 2. The lowest BCUT2D eigenvalue weighted by atomic mass is 10.3. The quantitative estimate of drug-likeness (QED) is 0.896. The number of aliphatic carboxylic acids is 1. The summed E-state index contributed by atoms with van der Waals surface area (Å²) in [4.78, 5) is 23.3. The summed E-state index contributed by atoms with van der Waals surface area (Å²) in [5.41, 5.74) is 0.458. The molecule has 0 unspecified atom stereocenters. The Morgan fingerprint density at radius 1 is 1.28 bits per heavy atom. The number of amides is 2. The third kappa shape index (κ3) is 4.81. The van der Waals surface area contributed by atoms with Crippen molar-refractivity contribution in [2.24, 2.45) is 0 Å². The topological polar surface area (TPSA) is 69.6 Å². The van der Waals surface area contributed by atoms with Crippen molar-refractivity contribution in [3.8, 4) is 0 Å². The summed E-state index contributed by atoms with van der Waals surface area (Å²) < 4.78 is 0. The van der Waals surface area contributed by atoms with E-state index >= 15 is 0 Å². The summed E-state index contributed by atoms with van der Waals surface area (Å²) in [5.74, 6) is -0.958. The van der Waals surface area contributed by atoms with Gasteiger partial charge in [-0.3, -0.25) is 4.79 Å². The van der Waals surface area contributed by atoms with Crippen molar-refractivity contribution in [1.82, 2.24) is 4.90 Å². The molecule has 98 valence electrons. The van der Waals surface area contributed by atoms with Crippen molar-refractivity contribution in [1.29, 1.82) is 0 Å². The maximum absolute atomic E-state index is 11.7. The fraction of sp³-hybridized carbons (Fsp3) is 0.273. The van der Waals surface area contributed by atoms with Crippen LogP contribution < -0.4 is 5.32 Å². The summed E-state index contributed by atoms with van der Waals surface area (Å²) in [6.07, 6.45) is -0.111. The van der Waals surface area contributed by atoms with Gasteiger partial charge in [-0.1, -0.05) is 23.2 Å². The molecule has 1 aromatic carbocycles. The number of rotatable bonds is 4. The Bertz CT molecular complexity index is 445. The highest BCUT2D eigenvalue weighted by molar-refractivity contribution is 6.35. The molecule has 0 heterocycles. The average molecular weight is 291 g/mol. The van der Waals surface area contributed by atoms with Crippen LogP contribution in [0.15, 0.2) is 18.2 Å². The van der Waals surface area contributed by atoms with Gasteiger partial charge in [0.1, 0.15) is 0 Å². The van der Waals surface area contributed by atoms with Gasteiger partial charge < -0.3 is 15.3 Å². The molecular weight excluding hydrogens is 279 g/mol. The van der Waals surface area contributed by atoms with Crippen LogP contribution in [-0.4, -0.2) is 35.6 Å². The van der Waals surface area contributed by atoms with Gasteiger partial charge in [-0.25, -0.2) is 4.79 Å². The van der Waals surface area contributed by atoms with Gasteiger partial charge in [-0.2, -0.15) is 0 Å². The van der Waals surface area contributed by atoms with Crippen LogP contribution in [0.4, 0.5) is 10.5 Å². The van der Waals surface area contributed by atoms with E-state index in [1.807, 2.05) is 0 Å². The summed E-state index contributed by atoms with van der Waals surface area (Å²) in [6.45, 7) is 0.121. The number of urea groups is 1. The summed E-state index contributed by atoms with van der Waals surface area (Å²) >= 11 is 11.6. The molecule has 2 N–H and O–H groups in total. The van der Waals surface area contributed by atoms with Gasteiger partial charge in [0.05, 0.1) is 6.42 Å². The smallest absolute Gasteiger partial charge is 0.321 e. The Hall–Kier alpha value is -1.46. The van der Waals surface area contributed by atoms with Gasteiger partial charge in [0.2, 0.25) is 0 Å². The van der Waals surface area contributed by atoms with Crippen LogP contribution in [-0.2, 0) is 4.79 Å². The number of anilines is 1. The summed E-state index contributed by atoms with van der Waals surface area (Å²) in [5, 5.41) is 11.9. The second kappa shape index (κ2) is 6.47. The maximum atomic E-state index is 11.7. The zero-order chi connectivity index (χ0) is 13.7. The second-order valence-corrected chi connectivity index (χ2v) is 4.53.